The largest absolute Gasteiger partial charge is 0.416 e. The molecule has 1 aromatic rings. The molecule has 1 heterocycles. The van der Waals surface area contributed by atoms with Crippen LogP contribution in [-0.2, 0) is 15.7 Å². The van der Waals surface area contributed by atoms with E-state index in [1.165, 1.54) is 12.1 Å². The van der Waals surface area contributed by atoms with Gasteiger partial charge in [0, 0.05) is 13.1 Å². The summed E-state index contributed by atoms with van der Waals surface area (Å²) in [6, 6.07) is 4.97. The van der Waals surface area contributed by atoms with Crippen LogP contribution >= 0.6 is 0 Å². The van der Waals surface area contributed by atoms with Gasteiger partial charge in [-0.15, -0.1) is 0 Å². The number of hydrogen-bond donors (Lipinski definition) is 2. The van der Waals surface area contributed by atoms with Gasteiger partial charge in [0.05, 0.1) is 18.8 Å². The van der Waals surface area contributed by atoms with Crippen molar-refractivity contribution in [2.45, 2.75) is 31.5 Å². The number of rotatable bonds is 5. The van der Waals surface area contributed by atoms with Gasteiger partial charge < -0.3 is 15.4 Å². The van der Waals surface area contributed by atoms with Gasteiger partial charge in [0.15, 0.2) is 0 Å². The van der Waals surface area contributed by atoms with E-state index in [4.69, 9.17) is 4.74 Å². The summed E-state index contributed by atoms with van der Waals surface area (Å²) in [6.45, 7) is 3.84. The molecule has 1 saturated heterocycles. The summed E-state index contributed by atoms with van der Waals surface area (Å²) in [5, 5.41) is 5.84. The van der Waals surface area contributed by atoms with Gasteiger partial charge in [0.2, 0.25) is 5.91 Å². The summed E-state index contributed by atoms with van der Waals surface area (Å²) in [5.41, 5.74) is -0.0253. The second-order valence-corrected chi connectivity index (χ2v) is 5.69. The number of hydrogen-bond acceptors (Lipinski definition) is 3. The molecule has 0 aliphatic carbocycles. The van der Waals surface area contributed by atoms with Crippen molar-refractivity contribution in [2.75, 3.05) is 26.3 Å². The Morgan fingerprint density at radius 2 is 2.26 bits per heavy atom. The molecular weight excluding hydrogens is 309 g/mol. The molecule has 23 heavy (non-hydrogen) atoms. The Morgan fingerprint density at radius 3 is 2.91 bits per heavy atom. The average Bonchev–Trinajstić information content (AvgIpc) is 2.54. The Morgan fingerprint density at radius 1 is 1.48 bits per heavy atom. The predicted octanol–water partition coefficient (Wildman–Crippen LogP) is 2.30. The lowest BCUT2D eigenvalue weighted by Crippen LogP contribution is -2.51. The molecule has 1 aliphatic heterocycles. The number of benzene rings is 1. The van der Waals surface area contributed by atoms with Crippen molar-refractivity contribution in [3.05, 3.63) is 35.4 Å². The molecule has 2 atom stereocenters. The van der Waals surface area contributed by atoms with Crippen molar-refractivity contribution in [2.24, 2.45) is 0 Å². The highest BCUT2D eigenvalue weighted by atomic mass is 19.4. The van der Waals surface area contributed by atoms with E-state index >= 15 is 0 Å². The van der Waals surface area contributed by atoms with E-state index < -0.39 is 11.7 Å². The van der Waals surface area contributed by atoms with Gasteiger partial charge in [-0.05, 0) is 24.0 Å². The summed E-state index contributed by atoms with van der Waals surface area (Å²) >= 11 is 0. The fourth-order valence-corrected chi connectivity index (χ4v) is 2.46. The summed E-state index contributed by atoms with van der Waals surface area (Å²) in [7, 11) is 0. The van der Waals surface area contributed by atoms with Crippen LogP contribution in [0.2, 0.25) is 0 Å². The van der Waals surface area contributed by atoms with Gasteiger partial charge in [-0.25, -0.2) is 0 Å². The average molecular weight is 330 g/mol. The van der Waals surface area contributed by atoms with Crippen LogP contribution in [0.3, 0.4) is 0 Å². The fourth-order valence-electron chi connectivity index (χ4n) is 2.46. The van der Waals surface area contributed by atoms with Gasteiger partial charge in [-0.3, -0.25) is 4.79 Å². The standard InChI is InChI=1S/C16H21F3N2O2/c1-11(12-3-2-4-13(9-12)16(17,18)19)5-6-21-15(22)14-10-23-8-7-20-14/h2-4,9,11,14,20H,5-8,10H2,1H3,(H,21,22)/t11-,14+/m1/s1. The van der Waals surface area contributed by atoms with Crippen LogP contribution < -0.4 is 10.6 Å². The highest BCUT2D eigenvalue weighted by Gasteiger charge is 2.30. The van der Waals surface area contributed by atoms with E-state index in [2.05, 4.69) is 10.6 Å². The lowest BCUT2D eigenvalue weighted by atomic mass is 9.96. The Kier molecular flexibility index (Phi) is 6.01. The Hall–Kier alpha value is -1.60. The summed E-state index contributed by atoms with van der Waals surface area (Å²) < 4.78 is 43.4. The van der Waals surface area contributed by atoms with Crippen LogP contribution in [0.25, 0.3) is 0 Å². The monoisotopic (exact) mass is 330 g/mol. The van der Waals surface area contributed by atoms with Gasteiger partial charge in [0.1, 0.15) is 6.04 Å². The maximum absolute atomic E-state index is 12.7. The van der Waals surface area contributed by atoms with Crippen molar-refractivity contribution < 1.29 is 22.7 Å². The molecule has 0 aromatic heterocycles. The second kappa shape index (κ2) is 7.79. The minimum absolute atomic E-state index is 0.0758. The number of nitrogens with one attached hydrogen (secondary N) is 2. The Balaban J connectivity index is 1.82. The first-order valence-corrected chi connectivity index (χ1v) is 7.64. The molecule has 0 radical (unpaired) electrons. The highest BCUT2D eigenvalue weighted by Crippen LogP contribution is 2.31. The minimum atomic E-state index is -4.34. The van der Waals surface area contributed by atoms with Crippen LogP contribution in [0.4, 0.5) is 13.2 Å². The highest BCUT2D eigenvalue weighted by molar-refractivity contribution is 5.81. The van der Waals surface area contributed by atoms with Crippen LogP contribution in [0.1, 0.15) is 30.4 Å². The smallest absolute Gasteiger partial charge is 0.378 e. The van der Waals surface area contributed by atoms with Crippen LogP contribution in [-0.4, -0.2) is 38.3 Å². The number of ether oxygens (including phenoxy) is 1. The molecule has 4 nitrogen and oxygen atoms in total. The third kappa shape index (κ3) is 5.21. The van der Waals surface area contributed by atoms with Gasteiger partial charge in [-0.2, -0.15) is 13.2 Å². The minimum Gasteiger partial charge on any atom is -0.378 e. The molecule has 0 spiro atoms. The van der Waals surface area contributed by atoms with Gasteiger partial charge >= 0.3 is 6.18 Å². The number of carbonyl (C=O) groups excluding carboxylic acids is 1. The van der Waals surface area contributed by atoms with E-state index in [1.807, 2.05) is 6.92 Å². The molecule has 1 amide bonds. The summed E-state index contributed by atoms with van der Waals surface area (Å²) in [5.74, 6) is -0.214. The van der Waals surface area contributed by atoms with Crippen molar-refractivity contribution in [1.82, 2.24) is 10.6 Å². The van der Waals surface area contributed by atoms with Crippen molar-refractivity contribution >= 4 is 5.91 Å². The van der Waals surface area contributed by atoms with Gasteiger partial charge in [-0.1, -0.05) is 25.1 Å². The third-order valence-corrected chi connectivity index (χ3v) is 3.90. The number of morpholine rings is 1. The first-order chi connectivity index (χ1) is 10.9. The van der Waals surface area contributed by atoms with Crippen molar-refractivity contribution in [1.29, 1.82) is 0 Å². The number of halogens is 3. The first kappa shape index (κ1) is 17.7. The fraction of sp³-hybridized carbons (Fsp3) is 0.562. The predicted molar refractivity (Wildman–Crippen MR) is 80.1 cm³/mol. The topological polar surface area (TPSA) is 50.4 Å². The molecule has 7 heteroatoms. The van der Waals surface area contributed by atoms with E-state index in [-0.39, 0.29) is 17.9 Å². The molecule has 1 fully saturated rings. The zero-order chi connectivity index (χ0) is 16.9. The van der Waals surface area contributed by atoms with Crippen LogP contribution in [0, 0.1) is 0 Å². The molecule has 2 N–H and O–H groups in total. The molecule has 128 valence electrons. The lowest BCUT2D eigenvalue weighted by molar-refractivity contribution is -0.137. The quantitative estimate of drug-likeness (QED) is 0.871. The first-order valence-electron chi connectivity index (χ1n) is 7.64. The zero-order valence-electron chi connectivity index (χ0n) is 13.0. The second-order valence-electron chi connectivity index (χ2n) is 5.69. The number of carbonyl (C=O) groups is 1. The molecule has 0 saturated carbocycles. The molecule has 2 rings (SSSR count). The van der Waals surface area contributed by atoms with Crippen LogP contribution in [0.15, 0.2) is 24.3 Å². The number of alkyl halides is 3. The van der Waals surface area contributed by atoms with Crippen molar-refractivity contribution in [3.8, 4) is 0 Å². The number of amides is 1. The zero-order valence-corrected chi connectivity index (χ0v) is 13.0. The lowest BCUT2D eigenvalue weighted by Gasteiger charge is -2.23. The van der Waals surface area contributed by atoms with Crippen molar-refractivity contribution in [3.63, 3.8) is 0 Å². The molecule has 1 aromatic carbocycles. The summed E-state index contributed by atoms with van der Waals surface area (Å²) in [6.07, 6.45) is -3.77. The summed E-state index contributed by atoms with van der Waals surface area (Å²) in [4.78, 5) is 11.9. The normalized spacial score (nSPS) is 20.1. The van der Waals surface area contributed by atoms with E-state index in [0.29, 0.717) is 38.3 Å². The molecule has 1 aliphatic rings. The Bertz CT molecular complexity index is 528. The maximum atomic E-state index is 12.7. The van der Waals surface area contributed by atoms with E-state index in [9.17, 15) is 18.0 Å². The molecular formula is C16H21F3N2O2. The van der Waals surface area contributed by atoms with Gasteiger partial charge in [0.25, 0.3) is 0 Å². The van der Waals surface area contributed by atoms with E-state index in [1.54, 1.807) is 6.07 Å². The SMILES string of the molecule is C[C@H](CCNC(=O)[C@@H]1COCCN1)c1cccc(C(F)(F)F)c1. The maximum Gasteiger partial charge on any atom is 0.416 e. The molecule has 0 bridgehead atoms. The molecule has 0 unspecified atom stereocenters. The van der Waals surface area contributed by atoms with Crippen LogP contribution in [0.5, 0.6) is 0 Å². The van der Waals surface area contributed by atoms with E-state index in [0.717, 1.165) is 6.07 Å². The third-order valence-electron chi connectivity index (χ3n) is 3.90. The Labute approximate surface area is 133 Å².